The van der Waals surface area contributed by atoms with Crippen molar-refractivity contribution in [3.05, 3.63) is 82.4 Å². The molecule has 1 saturated heterocycles. The maximum Gasteiger partial charge on any atom is 0.266 e. The van der Waals surface area contributed by atoms with Crippen LogP contribution >= 0.6 is 23.2 Å². The number of morpholine rings is 1. The summed E-state index contributed by atoms with van der Waals surface area (Å²) < 4.78 is 6.37. The lowest BCUT2D eigenvalue weighted by molar-refractivity contribution is -0.184. The van der Waals surface area contributed by atoms with E-state index in [4.69, 9.17) is 33.8 Å². The first-order valence-corrected chi connectivity index (χ1v) is 12.2. The lowest BCUT2D eigenvalue weighted by Gasteiger charge is -2.48. The second-order valence-electron chi connectivity index (χ2n) is 8.88. The fourth-order valence-electron chi connectivity index (χ4n) is 4.57. The first-order valence-electron chi connectivity index (χ1n) is 11.4. The number of nitrogens with two attached hydrogens (primary N) is 1. The summed E-state index contributed by atoms with van der Waals surface area (Å²) >= 11 is 12.5. The molecule has 2 aromatic carbocycles. The number of carbonyl (C=O) groups is 3. The molecule has 0 unspecified atom stereocenters. The molecular formula is C26H27Cl2N3O4. The molecule has 2 fully saturated rings. The molecule has 3 amide bonds. The van der Waals surface area contributed by atoms with Gasteiger partial charge in [-0.15, -0.1) is 6.58 Å². The molecule has 1 aliphatic carbocycles. The third-order valence-corrected chi connectivity index (χ3v) is 6.88. The van der Waals surface area contributed by atoms with Gasteiger partial charge in [-0.2, -0.15) is 0 Å². The number of hydrogen-bond acceptors (Lipinski definition) is 5. The van der Waals surface area contributed by atoms with Gasteiger partial charge in [0.2, 0.25) is 5.91 Å². The van der Waals surface area contributed by atoms with E-state index in [-0.39, 0.29) is 18.2 Å². The summed E-state index contributed by atoms with van der Waals surface area (Å²) in [6, 6.07) is 12.7. The van der Waals surface area contributed by atoms with Crippen molar-refractivity contribution in [1.29, 1.82) is 0 Å². The van der Waals surface area contributed by atoms with Crippen LogP contribution in [0.15, 0.2) is 61.2 Å². The summed E-state index contributed by atoms with van der Waals surface area (Å²) in [6.07, 6.45) is 1.84. The van der Waals surface area contributed by atoms with E-state index in [1.807, 2.05) is 24.3 Å². The molecule has 4 rings (SSSR count). The summed E-state index contributed by atoms with van der Waals surface area (Å²) in [5.41, 5.74) is 1.48. The molecule has 0 aromatic heterocycles. The molecule has 0 bridgehead atoms. The van der Waals surface area contributed by atoms with Gasteiger partial charge in [-0.3, -0.25) is 14.4 Å². The zero-order valence-electron chi connectivity index (χ0n) is 19.3. The van der Waals surface area contributed by atoms with Gasteiger partial charge in [0, 0.05) is 23.4 Å². The average Bonchev–Trinajstić information content (AvgIpc) is 3.66. The molecule has 0 spiro atoms. The maximum atomic E-state index is 13.9. The third kappa shape index (κ3) is 5.28. The largest absolute Gasteiger partial charge is 0.358 e. The van der Waals surface area contributed by atoms with Crippen LogP contribution in [-0.4, -0.2) is 39.8 Å². The van der Waals surface area contributed by atoms with Gasteiger partial charge < -0.3 is 9.64 Å². The van der Waals surface area contributed by atoms with Gasteiger partial charge in [0.25, 0.3) is 11.8 Å². The number of benzene rings is 2. The van der Waals surface area contributed by atoms with Crippen molar-refractivity contribution < 1.29 is 19.1 Å². The molecule has 1 aliphatic heterocycles. The van der Waals surface area contributed by atoms with Gasteiger partial charge in [-0.1, -0.05) is 53.5 Å². The molecule has 4 atom stereocenters. The Hall–Kier alpha value is -2.71. The van der Waals surface area contributed by atoms with Crippen molar-refractivity contribution in [3.8, 4) is 0 Å². The molecule has 35 heavy (non-hydrogen) atoms. The molecule has 2 aromatic rings. The van der Waals surface area contributed by atoms with Crippen LogP contribution in [0.25, 0.3) is 0 Å². The minimum absolute atomic E-state index is 0.117. The highest BCUT2D eigenvalue weighted by Crippen LogP contribution is 2.48. The summed E-state index contributed by atoms with van der Waals surface area (Å²) in [4.78, 5) is 40.9. The lowest BCUT2D eigenvalue weighted by Crippen LogP contribution is -2.61. The van der Waals surface area contributed by atoms with Crippen molar-refractivity contribution >= 4 is 40.9 Å². The number of hydrazine groups is 1. The Morgan fingerprint density at radius 1 is 1.17 bits per heavy atom. The van der Waals surface area contributed by atoms with E-state index in [0.29, 0.717) is 15.1 Å². The number of ether oxygens (including phenoxy) is 1. The monoisotopic (exact) mass is 515 g/mol. The zero-order chi connectivity index (χ0) is 25.3. The van der Waals surface area contributed by atoms with Crippen LogP contribution in [0.3, 0.4) is 0 Å². The van der Waals surface area contributed by atoms with E-state index in [2.05, 4.69) is 6.58 Å². The first kappa shape index (κ1) is 25.4. The normalized spacial score (nSPS) is 23.0. The van der Waals surface area contributed by atoms with Crippen molar-refractivity contribution in [1.82, 2.24) is 9.91 Å². The summed E-state index contributed by atoms with van der Waals surface area (Å²) in [5, 5.41) is 1.65. The number of rotatable bonds is 7. The molecule has 184 valence electrons. The fourth-order valence-corrected chi connectivity index (χ4v) is 4.90. The Balaban J connectivity index is 1.89. The quantitative estimate of drug-likeness (QED) is 0.251. The Labute approximate surface area is 214 Å². The topological polar surface area (TPSA) is 92.9 Å². The Bertz CT molecular complexity index is 1140. The number of nitrogens with zero attached hydrogens (tertiary/aromatic N) is 2. The van der Waals surface area contributed by atoms with Gasteiger partial charge >= 0.3 is 0 Å². The van der Waals surface area contributed by atoms with Crippen molar-refractivity contribution in [3.63, 3.8) is 0 Å². The Kier molecular flexibility index (Phi) is 7.62. The number of imide groups is 1. The Morgan fingerprint density at radius 2 is 1.86 bits per heavy atom. The van der Waals surface area contributed by atoms with Crippen LogP contribution in [0, 0.1) is 5.92 Å². The molecule has 2 N–H and O–H groups in total. The van der Waals surface area contributed by atoms with Gasteiger partial charge in [0.1, 0.15) is 18.2 Å². The predicted molar refractivity (Wildman–Crippen MR) is 133 cm³/mol. The van der Waals surface area contributed by atoms with E-state index >= 15 is 0 Å². The second-order valence-corrected chi connectivity index (χ2v) is 9.75. The van der Waals surface area contributed by atoms with E-state index in [0.717, 1.165) is 24.0 Å². The molecule has 7 nitrogen and oxygen atoms in total. The molecule has 9 heteroatoms. The van der Waals surface area contributed by atoms with Gasteiger partial charge in [0.05, 0.1) is 6.04 Å². The molecule has 1 saturated carbocycles. The summed E-state index contributed by atoms with van der Waals surface area (Å²) in [6.45, 7) is 4.98. The highest BCUT2D eigenvalue weighted by molar-refractivity contribution is 6.30. The van der Waals surface area contributed by atoms with Crippen LogP contribution < -0.4 is 5.84 Å². The molecule has 1 heterocycles. The van der Waals surface area contributed by atoms with Crippen LogP contribution in [0.4, 0.5) is 0 Å². The van der Waals surface area contributed by atoms with Crippen molar-refractivity contribution in [2.45, 2.75) is 50.5 Å². The standard InChI is InChI=1S/C26H27Cl2N3O4/c1-3-5-21-25(33)30(23(17-8-9-17)26(34)31(29)15(2)32)22(16-10-12-19(27)13-11-16)24(35-21)18-6-4-7-20(28)14-18/h3-4,6-7,10-14,17,21-24H,1,5,8-9,29H2,2H3/t21-,22+,23+,24-/m1/s1. The minimum Gasteiger partial charge on any atom is -0.358 e. The van der Waals surface area contributed by atoms with Gasteiger partial charge in [-0.05, 0) is 54.2 Å². The number of hydrogen-bond donors (Lipinski definition) is 1. The average molecular weight is 516 g/mol. The molecule has 0 radical (unpaired) electrons. The van der Waals surface area contributed by atoms with Crippen LogP contribution in [0.1, 0.15) is 49.5 Å². The smallest absolute Gasteiger partial charge is 0.266 e. The highest BCUT2D eigenvalue weighted by atomic mass is 35.5. The SMILES string of the molecule is C=CC[C@H]1O[C@H](c2cccc(Cl)c2)[C@H](c2ccc(Cl)cc2)N([C@H](C(=O)N(N)C(C)=O)C2CC2)C1=O. The second kappa shape index (κ2) is 10.5. The van der Waals surface area contributed by atoms with E-state index in [1.165, 1.54) is 6.92 Å². The van der Waals surface area contributed by atoms with Gasteiger partial charge in [0.15, 0.2) is 0 Å². The molecule has 2 aliphatic rings. The Morgan fingerprint density at radius 3 is 2.43 bits per heavy atom. The van der Waals surface area contributed by atoms with Crippen LogP contribution in [0.2, 0.25) is 10.0 Å². The van der Waals surface area contributed by atoms with Crippen LogP contribution in [0.5, 0.6) is 0 Å². The molecular weight excluding hydrogens is 489 g/mol. The predicted octanol–water partition coefficient (Wildman–Crippen LogP) is 4.61. The number of carbonyl (C=O) groups excluding carboxylic acids is 3. The minimum atomic E-state index is -0.921. The van der Waals surface area contributed by atoms with Gasteiger partial charge in [-0.25, -0.2) is 10.9 Å². The van der Waals surface area contributed by atoms with Crippen molar-refractivity contribution in [2.24, 2.45) is 11.8 Å². The first-order chi connectivity index (χ1) is 16.7. The number of amides is 3. The zero-order valence-corrected chi connectivity index (χ0v) is 20.8. The third-order valence-electron chi connectivity index (χ3n) is 6.39. The summed E-state index contributed by atoms with van der Waals surface area (Å²) in [5.74, 6) is 4.17. The highest BCUT2D eigenvalue weighted by Gasteiger charge is 2.53. The van der Waals surface area contributed by atoms with E-state index in [9.17, 15) is 14.4 Å². The maximum absolute atomic E-state index is 13.9. The van der Waals surface area contributed by atoms with E-state index < -0.39 is 36.1 Å². The van der Waals surface area contributed by atoms with Crippen molar-refractivity contribution in [2.75, 3.05) is 0 Å². The van der Waals surface area contributed by atoms with Crippen LogP contribution in [-0.2, 0) is 19.1 Å². The number of halogens is 2. The lowest BCUT2D eigenvalue weighted by atomic mass is 9.89. The van der Waals surface area contributed by atoms with E-state index in [1.54, 1.807) is 35.2 Å². The fraction of sp³-hybridized carbons (Fsp3) is 0.346. The summed E-state index contributed by atoms with van der Waals surface area (Å²) in [7, 11) is 0.